The number of nitrogens with one attached hydrogen (secondary N) is 2. The molecule has 3 aromatic carbocycles. The summed E-state index contributed by atoms with van der Waals surface area (Å²) in [4.78, 5) is 37.1. The maximum atomic E-state index is 12.4. The molecule has 168 valence electrons. The van der Waals surface area contributed by atoms with E-state index >= 15 is 0 Å². The maximum absolute atomic E-state index is 12.4. The molecule has 2 amide bonds. The van der Waals surface area contributed by atoms with Gasteiger partial charge in [-0.3, -0.25) is 9.59 Å². The number of amides is 2. The predicted octanol–water partition coefficient (Wildman–Crippen LogP) is 3.95. The van der Waals surface area contributed by atoms with Gasteiger partial charge in [0, 0.05) is 6.04 Å². The Balaban J connectivity index is 1.30. The van der Waals surface area contributed by atoms with Crippen LogP contribution < -0.4 is 15.4 Å². The van der Waals surface area contributed by atoms with Crippen LogP contribution in [0, 0.1) is 0 Å². The van der Waals surface area contributed by atoms with Crippen LogP contribution in [0.4, 0.5) is 5.69 Å². The van der Waals surface area contributed by atoms with Crippen molar-refractivity contribution in [1.29, 1.82) is 0 Å². The summed E-state index contributed by atoms with van der Waals surface area (Å²) < 4.78 is 10.9. The second kappa shape index (κ2) is 10.5. The molecule has 7 nitrogen and oxygen atoms in total. The molecule has 0 radical (unpaired) electrons. The number of carbonyl (C=O) groups is 3. The van der Waals surface area contributed by atoms with E-state index in [1.165, 1.54) is 0 Å². The quantitative estimate of drug-likeness (QED) is 0.488. The standard InChI is InChI=1S/C26H24N2O5/c29-24(28-23-12-5-4-11-22(23)25(30)27-20-13-14-20)17-33-26(31)19-9-6-10-21(15-19)32-16-18-7-2-1-3-8-18/h1-12,15,20H,13-14,16-17H2,(H,27,30)(H,28,29). The van der Waals surface area contributed by atoms with Crippen molar-refractivity contribution in [1.82, 2.24) is 5.32 Å². The van der Waals surface area contributed by atoms with E-state index in [9.17, 15) is 14.4 Å². The minimum absolute atomic E-state index is 0.203. The molecule has 2 N–H and O–H groups in total. The largest absolute Gasteiger partial charge is 0.489 e. The fourth-order valence-corrected chi connectivity index (χ4v) is 3.14. The molecule has 0 heterocycles. The van der Waals surface area contributed by atoms with Crippen molar-refractivity contribution in [3.63, 3.8) is 0 Å². The monoisotopic (exact) mass is 444 g/mol. The van der Waals surface area contributed by atoms with E-state index in [1.54, 1.807) is 48.5 Å². The van der Waals surface area contributed by atoms with Crippen LogP contribution in [0.15, 0.2) is 78.9 Å². The van der Waals surface area contributed by atoms with Gasteiger partial charge in [-0.25, -0.2) is 4.79 Å². The number of esters is 1. The number of benzene rings is 3. The van der Waals surface area contributed by atoms with Gasteiger partial charge in [-0.2, -0.15) is 0 Å². The fourth-order valence-electron chi connectivity index (χ4n) is 3.14. The lowest BCUT2D eigenvalue weighted by atomic mass is 10.1. The average Bonchev–Trinajstić information content (AvgIpc) is 3.66. The van der Waals surface area contributed by atoms with Gasteiger partial charge in [-0.1, -0.05) is 48.5 Å². The molecule has 1 aliphatic rings. The molecule has 0 aromatic heterocycles. The van der Waals surface area contributed by atoms with E-state index in [1.807, 2.05) is 30.3 Å². The zero-order valence-electron chi connectivity index (χ0n) is 18.0. The third-order valence-electron chi connectivity index (χ3n) is 5.01. The SMILES string of the molecule is O=C(COC(=O)c1cccc(OCc2ccccc2)c1)Nc1ccccc1C(=O)NC1CC1. The van der Waals surface area contributed by atoms with Gasteiger partial charge in [-0.15, -0.1) is 0 Å². The van der Waals surface area contributed by atoms with E-state index < -0.39 is 18.5 Å². The lowest BCUT2D eigenvalue weighted by molar-refractivity contribution is -0.119. The molecular weight excluding hydrogens is 420 g/mol. The molecule has 0 saturated heterocycles. The minimum atomic E-state index is -0.643. The van der Waals surface area contributed by atoms with Crippen LogP contribution in [0.5, 0.6) is 5.75 Å². The minimum Gasteiger partial charge on any atom is -0.489 e. The van der Waals surface area contributed by atoms with Crippen molar-refractivity contribution in [3.05, 3.63) is 95.6 Å². The Morgan fingerprint density at radius 3 is 2.42 bits per heavy atom. The molecule has 0 atom stereocenters. The molecule has 1 saturated carbocycles. The Bertz CT molecular complexity index is 1140. The van der Waals surface area contributed by atoms with E-state index in [-0.39, 0.29) is 17.5 Å². The molecule has 0 unspecified atom stereocenters. The fraction of sp³-hybridized carbons (Fsp3) is 0.192. The summed E-state index contributed by atoms with van der Waals surface area (Å²) in [7, 11) is 0. The van der Waals surface area contributed by atoms with Gasteiger partial charge in [0.25, 0.3) is 11.8 Å². The lowest BCUT2D eigenvalue weighted by Gasteiger charge is -2.12. The van der Waals surface area contributed by atoms with Gasteiger partial charge in [0.1, 0.15) is 12.4 Å². The highest BCUT2D eigenvalue weighted by Gasteiger charge is 2.25. The smallest absolute Gasteiger partial charge is 0.338 e. The number of hydrogen-bond donors (Lipinski definition) is 2. The molecule has 1 fully saturated rings. The molecule has 33 heavy (non-hydrogen) atoms. The number of rotatable bonds is 9. The van der Waals surface area contributed by atoms with Crippen LogP contribution in [0.2, 0.25) is 0 Å². The highest BCUT2D eigenvalue weighted by atomic mass is 16.5. The van der Waals surface area contributed by atoms with Crippen LogP contribution in [-0.2, 0) is 16.1 Å². The van der Waals surface area contributed by atoms with E-state index in [2.05, 4.69) is 10.6 Å². The molecule has 0 spiro atoms. The summed E-state index contributed by atoms with van der Waals surface area (Å²) in [5, 5.41) is 5.53. The van der Waals surface area contributed by atoms with Crippen LogP contribution in [0.25, 0.3) is 0 Å². The van der Waals surface area contributed by atoms with Crippen molar-refractivity contribution in [2.45, 2.75) is 25.5 Å². The third kappa shape index (κ3) is 6.43. The Kier molecular flexibility index (Phi) is 6.99. The van der Waals surface area contributed by atoms with Gasteiger partial charge in [0.05, 0.1) is 16.8 Å². The lowest BCUT2D eigenvalue weighted by Crippen LogP contribution is -2.28. The van der Waals surface area contributed by atoms with Gasteiger partial charge in [0.2, 0.25) is 0 Å². The van der Waals surface area contributed by atoms with Crippen LogP contribution in [0.1, 0.15) is 39.1 Å². The second-order valence-corrected chi connectivity index (χ2v) is 7.72. The molecule has 4 rings (SSSR count). The van der Waals surface area contributed by atoms with Gasteiger partial charge in [-0.05, 0) is 48.7 Å². The molecular formula is C26H24N2O5. The molecule has 0 aliphatic heterocycles. The van der Waals surface area contributed by atoms with Gasteiger partial charge < -0.3 is 20.1 Å². The second-order valence-electron chi connectivity index (χ2n) is 7.72. The van der Waals surface area contributed by atoms with Crippen LogP contribution in [0.3, 0.4) is 0 Å². The third-order valence-corrected chi connectivity index (χ3v) is 5.01. The summed E-state index contributed by atoms with van der Waals surface area (Å²) in [6, 6.07) is 23.2. The van der Waals surface area contributed by atoms with Gasteiger partial charge in [0.15, 0.2) is 6.61 Å². The maximum Gasteiger partial charge on any atom is 0.338 e. The Morgan fingerprint density at radius 2 is 1.64 bits per heavy atom. The van der Waals surface area contributed by atoms with E-state index in [0.29, 0.717) is 23.6 Å². The zero-order chi connectivity index (χ0) is 23.0. The average molecular weight is 444 g/mol. The Morgan fingerprint density at radius 1 is 0.879 bits per heavy atom. The topological polar surface area (TPSA) is 93.7 Å². The summed E-state index contributed by atoms with van der Waals surface area (Å²) in [6.45, 7) is -0.109. The molecule has 1 aliphatic carbocycles. The number of hydrogen-bond acceptors (Lipinski definition) is 5. The number of carbonyl (C=O) groups excluding carboxylic acids is 3. The highest BCUT2D eigenvalue weighted by molar-refractivity contribution is 6.04. The summed E-state index contributed by atoms with van der Waals surface area (Å²) >= 11 is 0. The molecule has 7 heteroatoms. The predicted molar refractivity (Wildman–Crippen MR) is 123 cm³/mol. The number of para-hydroxylation sites is 1. The first kappa shape index (κ1) is 22.1. The normalized spacial score (nSPS) is 12.5. The van der Waals surface area contributed by atoms with Crippen LogP contribution >= 0.6 is 0 Å². The van der Waals surface area contributed by atoms with Crippen molar-refractivity contribution < 1.29 is 23.9 Å². The van der Waals surface area contributed by atoms with Crippen molar-refractivity contribution in [3.8, 4) is 5.75 Å². The van der Waals surface area contributed by atoms with E-state index in [4.69, 9.17) is 9.47 Å². The van der Waals surface area contributed by atoms with Crippen LogP contribution in [-0.4, -0.2) is 30.4 Å². The Hall–Kier alpha value is -4.13. The van der Waals surface area contributed by atoms with Crippen molar-refractivity contribution >= 4 is 23.5 Å². The van der Waals surface area contributed by atoms with Crippen molar-refractivity contribution in [2.75, 3.05) is 11.9 Å². The summed E-state index contributed by atoms with van der Waals surface area (Å²) in [5.74, 6) is -0.896. The Labute approximate surface area is 191 Å². The van der Waals surface area contributed by atoms with Crippen molar-refractivity contribution in [2.24, 2.45) is 0 Å². The van der Waals surface area contributed by atoms with Gasteiger partial charge >= 0.3 is 5.97 Å². The first-order valence-electron chi connectivity index (χ1n) is 10.7. The first-order valence-corrected chi connectivity index (χ1v) is 10.7. The van der Waals surface area contributed by atoms with E-state index in [0.717, 1.165) is 18.4 Å². The zero-order valence-corrected chi connectivity index (χ0v) is 18.0. The number of ether oxygens (including phenoxy) is 2. The molecule has 3 aromatic rings. The summed E-state index contributed by atoms with van der Waals surface area (Å²) in [5.41, 5.74) is 2.02. The number of anilines is 1. The first-order chi connectivity index (χ1) is 16.1. The summed E-state index contributed by atoms with van der Waals surface area (Å²) in [6.07, 6.45) is 1.93. The highest BCUT2D eigenvalue weighted by Crippen LogP contribution is 2.22. The molecule has 0 bridgehead atoms.